The van der Waals surface area contributed by atoms with Gasteiger partial charge in [-0.3, -0.25) is 4.79 Å². The largest absolute Gasteiger partial charge is 0.454 e. The number of rotatable bonds is 5. The average Bonchev–Trinajstić information content (AvgIpc) is 3.22. The molecule has 0 spiro atoms. The van der Waals surface area contributed by atoms with Gasteiger partial charge in [0.05, 0.1) is 11.3 Å². The number of amides is 1. The predicted molar refractivity (Wildman–Crippen MR) is 107 cm³/mol. The maximum Gasteiger partial charge on any atom is 0.282 e. The number of hydrogen-bond acceptors (Lipinski definition) is 4. The van der Waals surface area contributed by atoms with Gasteiger partial charge in [0.2, 0.25) is 6.79 Å². The third-order valence-electron chi connectivity index (χ3n) is 5.80. The van der Waals surface area contributed by atoms with Crippen LogP contribution in [0, 0.1) is 11.3 Å². The summed E-state index contributed by atoms with van der Waals surface area (Å²) in [6.45, 7) is 7.10. The monoisotopic (exact) mass is 394 g/mol. The lowest BCUT2D eigenvalue weighted by molar-refractivity contribution is -1.02. The highest BCUT2D eigenvalue weighted by molar-refractivity contribution is 5.94. The molecule has 7 heteroatoms. The first-order chi connectivity index (χ1) is 14.1. The van der Waals surface area contributed by atoms with Crippen molar-refractivity contribution in [2.45, 2.75) is 19.5 Å². The lowest BCUT2D eigenvalue weighted by Gasteiger charge is -2.32. The molecule has 2 aliphatic rings. The Morgan fingerprint density at radius 1 is 1.14 bits per heavy atom. The van der Waals surface area contributed by atoms with Crippen molar-refractivity contribution < 1.29 is 24.1 Å². The average molecular weight is 394 g/mol. The summed E-state index contributed by atoms with van der Waals surface area (Å²) in [5.41, 5.74) is 2.31. The van der Waals surface area contributed by atoms with E-state index in [2.05, 4.69) is 23.5 Å². The van der Waals surface area contributed by atoms with E-state index in [0.29, 0.717) is 18.0 Å². The lowest BCUT2D eigenvalue weighted by Crippen LogP contribution is -3.29. The van der Waals surface area contributed by atoms with Gasteiger partial charge >= 0.3 is 0 Å². The highest BCUT2D eigenvalue weighted by Gasteiger charge is 2.31. The van der Waals surface area contributed by atoms with E-state index in [4.69, 9.17) is 9.47 Å². The van der Waals surface area contributed by atoms with Gasteiger partial charge in [-0.1, -0.05) is 12.1 Å². The third kappa shape index (κ3) is 4.34. The van der Waals surface area contributed by atoms with Gasteiger partial charge in [0.15, 0.2) is 17.5 Å². The topological polar surface area (TPSA) is 80.2 Å². The van der Waals surface area contributed by atoms with Crippen molar-refractivity contribution in [3.05, 3.63) is 53.6 Å². The van der Waals surface area contributed by atoms with Crippen LogP contribution in [-0.2, 0) is 11.3 Å². The number of carbonyl (C=O) groups excluding carboxylic acids is 1. The molecule has 2 aromatic rings. The van der Waals surface area contributed by atoms with E-state index in [9.17, 15) is 10.1 Å². The number of hydrogen-bond donors (Lipinski definition) is 3. The zero-order valence-electron chi connectivity index (χ0n) is 16.5. The summed E-state index contributed by atoms with van der Waals surface area (Å²) in [6.07, 6.45) is 0. The number of nitriles is 1. The Hall–Kier alpha value is -3.08. The number of piperazine rings is 1. The second kappa shape index (κ2) is 8.52. The molecule has 1 atom stereocenters. The molecule has 0 radical (unpaired) electrons. The highest BCUT2D eigenvalue weighted by Crippen LogP contribution is 2.32. The fourth-order valence-electron chi connectivity index (χ4n) is 3.99. The first kappa shape index (κ1) is 19.2. The second-order valence-corrected chi connectivity index (χ2v) is 7.64. The van der Waals surface area contributed by atoms with Crippen LogP contribution in [0.4, 0.5) is 5.69 Å². The Morgan fingerprint density at radius 2 is 1.90 bits per heavy atom. The first-order valence-electron chi connectivity index (χ1n) is 10.0. The Morgan fingerprint density at radius 3 is 2.69 bits per heavy atom. The van der Waals surface area contributed by atoms with Crippen molar-refractivity contribution in [1.82, 2.24) is 0 Å². The summed E-state index contributed by atoms with van der Waals surface area (Å²) in [7, 11) is 0. The SMILES string of the molecule is C[C@@H](C(=O)Nc1ccccc1C#N)[NH+]1CC[NH+](Cc2ccc3c(c2)OCO3)CC1. The molecule has 7 nitrogen and oxygen atoms in total. The molecule has 0 bridgehead atoms. The minimum absolute atomic E-state index is 0.0399. The van der Waals surface area contributed by atoms with Gasteiger partial charge in [-0.15, -0.1) is 0 Å². The molecule has 1 amide bonds. The Kier molecular flexibility index (Phi) is 5.65. The van der Waals surface area contributed by atoms with Gasteiger partial charge in [-0.2, -0.15) is 5.26 Å². The first-order valence-corrected chi connectivity index (χ1v) is 10.0. The molecule has 2 aliphatic heterocycles. The zero-order valence-corrected chi connectivity index (χ0v) is 16.5. The predicted octanol–water partition coefficient (Wildman–Crippen LogP) is -0.402. The Balaban J connectivity index is 1.29. The van der Waals surface area contributed by atoms with Crippen molar-refractivity contribution in [2.24, 2.45) is 0 Å². The quantitative estimate of drug-likeness (QED) is 0.645. The molecular weight excluding hydrogens is 368 g/mol. The molecule has 4 rings (SSSR count). The summed E-state index contributed by atoms with van der Waals surface area (Å²) >= 11 is 0. The van der Waals surface area contributed by atoms with E-state index in [1.54, 1.807) is 18.2 Å². The third-order valence-corrected chi connectivity index (χ3v) is 5.80. The van der Waals surface area contributed by atoms with Crippen molar-refractivity contribution in [2.75, 3.05) is 38.3 Å². The van der Waals surface area contributed by atoms with E-state index in [0.717, 1.165) is 44.2 Å². The number of fused-ring (bicyclic) bond motifs is 1. The van der Waals surface area contributed by atoms with Crippen LogP contribution in [0.15, 0.2) is 42.5 Å². The molecule has 150 valence electrons. The van der Waals surface area contributed by atoms with Crippen molar-refractivity contribution in [3.63, 3.8) is 0 Å². The molecule has 0 unspecified atom stereocenters. The summed E-state index contributed by atoms with van der Waals surface area (Å²) in [4.78, 5) is 15.5. The normalized spacial score (nSPS) is 21.2. The number of nitrogens with one attached hydrogen (secondary N) is 3. The van der Waals surface area contributed by atoms with Crippen LogP contribution in [0.5, 0.6) is 11.5 Å². The molecule has 29 heavy (non-hydrogen) atoms. The van der Waals surface area contributed by atoms with Crippen LogP contribution >= 0.6 is 0 Å². The number of nitrogens with zero attached hydrogens (tertiary/aromatic N) is 1. The van der Waals surface area contributed by atoms with Crippen LogP contribution in [0.2, 0.25) is 0 Å². The molecule has 3 N–H and O–H groups in total. The van der Waals surface area contributed by atoms with Gasteiger partial charge < -0.3 is 24.6 Å². The van der Waals surface area contributed by atoms with Crippen LogP contribution in [0.3, 0.4) is 0 Å². The lowest BCUT2D eigenvalue weighted by atomic mass is 10.1. The van der Waals surface area contributed by atoms with E-state index < -0.39 is 0 Å². The minimum atomic E-state index is -0.158. The van der Waals surface area contributed by atoms with Crippen molar-refractivity contribution in [3.8, 4) is 17.6 Å². The van der Waals surface area contributed by atoms with E-state index in [-0.39, 0.29) is 11.9 Å². The van der Waals surface area contributed by atoms with Gasteiger partial charge in [0, 0.05) is 5.56 Å². The summed E-state index contributed by atoms with van der Waals surface area (Å²) in [5.74, 6) is 1.60. The standard InChI is InChI=1S/C22H24N4O3/c1-16(22(27)24-19-5-3-2-4-18(19)13-23)26-10-8-25(9-11-26)14-17-6-7-20-21(12-17)29-15-28-20/h2-7,12,16H,8-11,14-15H2,1H3,(H,24,27)/p+2/t16-/m0/s1. The van der Waals surface area contributed by atoms with Gasteiger partial charge in [0.1, 0.15) is 38.8 Å². The fraction of sp³-hybridized carbons (Fsp3) is 0.364. The number of carbonyl (C=O) groups is 1. The Labute approximate surface area is 170 Å². The minimum Gasteiger partial charge on any atom is -0.454 e. The summed E-state index contributed by atoms with van der Waals surface area (Å²) in [5, 5.41) is 12.1. The number of anilines is 1. The number of benzene rings is 2. The van der Waals surface area contributed by atoms with Gasteiger partial charge in [-0.05, 0) is 37.3 Å². The van der Waals surface area contributed by atoms with Crippen LogP contribution in [0.1, 0.15) is 18.1 Å². The van der Waals surface area contributed by atoms with Crippen LogP contribution in [0.25, 0.3) is 0 Å². The van der Waals surface area contributed by atoms with E-state index in [1.807, 2.05) is 19.1 Å². The molecule has 0 aromatic heterocycles. The number of para-hydroxylation sites is 1. The molecule has 1 fully saturated rings. The van der Waals surface area contributed by atoms with E-state index in [1.165, 1.54) is 15.4 Å². The molecular formula is C22H26N4O3+2. The molecule has 2 heterocycles. The molecule has 0 saturated carbocycles. The van der Waals surface area contributed by atoms with Gasteiger partial charge in [-0.25, -0.2) is 0 Å². The zero-order chi connectivity index (χ0) is 20.2. The second-order valence-electron chi connectivity index (χ2n) is 7.64. The molecule has 0 aliphatic carbocycles. The summed E-state index contributed by atoms with van der Waals surface area (Å²) in [6, 6.07) is 15.2. The maximum atomic E-state index is 12.7. The smallest absolute Gasteiger partial charge is 0.282 e. The fourth-order valence-corrected chi connectivity index (χ4v) is 3.99. The van der Waals surface area contributed by atoms with Crippen molar-refractivity contribution >= 4 is 11.6 Å². The highest BCUT2D eigenvalue weighted by atomic mass is 16.7. The van der Waals surface area contributed by atoms with Crippen LogP contribution in [-0.4, -0.2) is 44.9 Å². The Bertz CT molecular complexity index is 932. The number of quaternary nitrogens is 2. The van der Waals surface area contributed by atoms with Gasteiger partial charge in [0.25, 0.3) is 5.91 Å². The molecule has 2 aromatic carbocycles. The van der Waals surface area contributed by atoms with Crippen LogP contribution < -0.4 is 24.6 Å². The number of ether oxygens (including phenoxy) is 2. The van der Waals surface area contributed by atoms with Crippen molar-refractivity contribution in [1.29, 1.82) is 5.26 Å². The maximum absolute atomic E-state index is 12.7. The molecule has 1 saturated heterocycles. The van der Waals surface area contributed by atoms with E-state index >= 15 is 0 Å². The summed E-state index contributed by atoms with van der Waals surface area (Å²) < 4.78 is 10.8.